The van der Waals surface area contributed by atoms with Crippen molar-refractivity contribution in [3.63, 3.8) is 0 Å². The zero-order valence-corrected chi connectivity index (χ0v) is 13.6. The van der Waals surface area contributed by atoms with E-state index in [-0.39, 0.29) is 5.88 Å². The highest BCUT2D eigenvalue weighted by Crippen LogP contribution is 2.28. The van der Waals surface area contributed by atoms with Crippen molar-refractivity contribution in [2.24, 2.45) is 0 Å². The van der Waals surface area contributed by atoms with Crippen LogP contribution >= 0.6 is 22.9 Å². The van der Waals surface area contributed by atoms with Crippen molar-refractivity contribution >= 4 is 33.0 Å². The van der Waals surface area contributed by atoms with Crippen LogP contribution in [-0.2, 0) is 15.9 Å². The molecule has 0 aromatic carbocycles. The van der Waals surface area contributed by atoms with Crippen molar-refractivity contribution < 1.29 is 8.42 Å². The molecule has 0 N–H and O–H groups in total. The highest BCUT2D eigenvalue weighted by Gasteiger charge is 2.32. The van der Waals surface area contributed by atoms with Gasteiger partial charge in [-0.25, -0.2) is 8.42 Å². The minimum Gasteiger partial charge on any atom is -0.305 e. The Balaban J connectivity index is 2.25. The van der Waals surface area contributed by atoms with Crippen molar-refractivity contribution in [1.29, 1.82) is 0 Å². The molecule has 7 heteroatoms. The molecule has 1 unspecified atom stereocenters. The van der Waals surface area contributed by atoms with Gasteiger partial charge in [-0.2, -0.15) is 4.31 Å². The van der Waals surface area contributed by atoms with Crippen LogP contribution in [0.25, 0.3) is 0 Å². The number of hydrogen-bond acceptors (Lipinski definition) is 4. The van der Waals surface area contributed by atoms with E-state index in [1.807, 2.05) is 14.1 Å². The molecule has 2 heterocycles. The lowest BCUT2D eigenvalue weighted by Crippen LogP contribution is -2.47. The molecule has 0 bridgehead atoms. The first-order chi connectivity index (χ1) is 8.96. The molecule has 4 nitrogen and oxygen atoms in total. The molecular weight excluding hydrogens is 304 g/mol. The lowest BCUT2D eigenvalue weighted by Gasteiger charge is -2.35. The third-order valence-corrected chi connectivity index (χ3v) is 6.96. The van der Waals surface area contributed by atoms with Gasteiger partial charge in [0.15, 0.2) is 0 Å². The first-order valence-electron chi connectivity index (χ1n) is 6.25. The summed E-state index contributed by atoms with van der Waals surface area (Å²) in [4.78, 5) is 3.21. The number of halogens is 1. The van der Waals surface area contributed by atoms with E-state index < -0.39 is 10.0 Å². The van der Waals surface area contributed by atoms with Gasteiger partial charge in [0, 0.05) is 24.0 Å². The second-order valence-electron chi connectivity index (χ2n) is 4.96. The number of piperidine rings is 1. The molecule has 108 valence electrons. The normalized spacial score (nSPS) is 22.0. The lowest BCUT2D eigenvalue weighted by atomic mass is 10.1. The van der Waals surface area contributed by atoms with Gasteiger partial charge >= 0.3 is 0 Å². The average Bonchev–Trinajstić information content (AvgIpc) is 2.88. The van der Waals surface area contributed by atoms with Gasteiger partial charge in [0.2, 0.25) is 10.0 Å². The fraction of sp³-hybridized carbons (Fsp3) is 0.667. The van der Waals surface area contributed by atoms with Gasteiger partial charge in [-0.1, -0.05) is 0 Å². The highest BCUT2D eigenvalue weighted by molar-refractivity contribution is 7.89. The average molecular weight is 323 g/mol. The van der Waals surface area contributed by atoms with Crippen molar-refractivity contribution in [1.82, 2.24) is 9.21 Å². The van der Waals surface area contributed by atoms with Crippen LogP contribution in [0.5, 0.6) is 0 Å². The zero-order valence-electron chi connectivity index (χ0n) is 11.2. The third-order valence-electron chi connectivity index (χ3n) is 3.53. The molecule has 1 aliphatic heterocycles. The summed E-state index contributed by atoms with van der Waals surface area (Å²) in [7, 11) is 0.596. The van der Waals surface area contributed by atoms with E-state index in [0.717, 1.165) is 17.7 Å². The third kappa shape index (κ3) is 3.13. The van der Waals surface area contributed by atoms with Gasteiger partial charge in [0.25, 0.3) is 0 Å². The van der Waals surface area contributed by atoms with Gasteiger partial charge in [-0.05, 0) is 38.4 Å². The van der Waals surface area contributed by atoms with Crippen LogP contribution in [0.1, 0.15) is 17.7 Å². The van der Waals surface area contributed by atoms with Crippen molar-refractivity contribution in [3.8, 4) is 0 Å². The van der Waals surface area contributed by atoms with Crippen molar-refractivity contribution in [2.45, 2.75) is 29.7 Å². The van der Waals surface area contributed by atoms with Crippen LogP contribution in [0.4, 0.5) is 0 Å². The van der Waals surface area contributed by atoms with E-state index in [0.29, 0.717) is 24.0 Å². The van der Waals surface area contributed by atoms with Crippen LogP contribution in [-0.4, -0.2) is 50.8 Å². The van der Waals surface area contributed by atoms with Crippen LogP contribution in [0.2, 0.25) is 0 Å². The molecule has 0 amide bonds. The van der Waals surface area contributed by atoms with E-state index in [9.17, 15) is 8.42 Å². The Kier molecular flexibility index (Phi) is 4.89. The molecular formula is C12H19ClN2O2S2. The van der Waals surface area contributed by atoms with E-state index in [2.05, 4.69) is 4.90 Å². The lowest BCUT2D eigenvalue weighted by molar-refractivity contribution is 0.190. The molecule has 1 aliphatic rings. The first-order valence-corrected chi connectivity index (χ1v) is 9.11. The fourth-order valence-corrected chi connectivity index (χ4v) is 5.55. The van der Waals surface area contributed by atoms with Crippen LogP contribution in [0.3, 0.4) is 0 Å². The molecule has 1 atom stereocenters. The van der Waals surface area contributed by atoms with Gasteiger partial charge in [-0.3, -0.25) is 0 Å². The number of hydrogen-bond donors (Lipinski definition) is 0. The SMILES string of the molecule is CN(C)C1CCCN(S(=O)(=O)c2ccsc2CCl)C1. The number of likely N-dealkylation sites (N-methyl/N-ethyl adjacent to an activating group) is 1. The number of alkyl halides is 1. The van der Waals surface area contributed by atoms with Gasteiger partial charge < -0.3 is 4.90 Å². The molecule has 2 rings (SSSR count). The van der Waals surface area contributed by atoms with Gasteiger partial charge in [0.1, 0.15) is 0 Å². The second-order valence-corrected chi connectivity index (χ2v) is 8.14. The monoisotopic (exact) mass is 322 g/mol. The molecule has 19 heavy (non-hydrogen) atoms. The summed E-state index contributed by atoms with van der Waals surface area (Å²) >= 11 is 7.22. The predicted molar refractivity (Wildman–Crippen MR) is 79.3 cm³/mol. The Morgan fingerprint density at radius 2 is 2.26 bits per heavy atom. The number of rotatable bonds is 4. The summed E-state index contributed by atoms with van der Waals surface area (Å²) in [6, 6.07) is 1.96. The molecule has 0 aliphatic carbocycles. The van der Waals surface area contributed by atoms with Crippen LogP contribution in [0, 0.1) is 0 Å². The maximum absolute atomic E-state index is 12.7. The van der Waals surface area contributed by atoms with E-state index >= 15 is 0 Å². The van der Waals surface area contributed by atoms with E-state index in [1.165, 1.54) is 11.3 Å². The maximum atomic E-state index is 12.7. The predicted octanol–water partition coefficient (Wildman–Crippen LogP) is 2.20. The maximum Gasteiger partial charge on any atom is 0.244 e. The summed E-state index contributed by atoms with van der Waals surface area (Å²) in [5, 5.41) is 1.79. The van der Waals surface area contributed by atoms with Gasteiger partial charge in [-0.15, -0.1) is 22.9 Å². The Morgan fingerprint density at radius 1 is 1.53 bits per heavy atom. The molecule has 1 fully saturated rings. The molecule has 1 saturated heterocycles. The van der Waals surface area contributed by atoms with Crippen molar-refractivity contribution in [2.75, 3.05) is 27.2 Å². The van der Waals surface area contributed by atoms with Crippen LogP contribution < -0.4 is 0 Å². The summed E-state index contributed by atoms with van der Waals surface area (Å²) in [6.45, 7) is 1.16. The number of nitrogens with zero attached hydrogens (tertiary/aromatic N) is 2. The topological polar surface area (TPSA) is 40.6 Å². The minimum absolute atomic E-state index is 0.247. The summed E-state index contributed by atoms with van der Waals surface area (Å²) in [5.41, 5.74) is 0. The largest absolute Gasteiger partial charge is 0.305 e. The summed E-state index contributed by atoms with van der Waals surface area (Å²) in [5.74, 6) is 0.247. The molecule has 0 spiro atoms. The summed E-state index contributed by atoms with van der Waals surface area (Å²) < 4.78 is 26.9. The Bertz CT molecular complexity index is 528. The van der Waals surface area contributed by atoms with Crippen LogP contribution in [0.15, 0.2) is 16.3 Å². The Hall–Kier alpha value is -0.140. The van der Waals surface area contributed by atoms with E-state index in [4.69, 9.17) is 11.6 Å². The summed E-state index contributed by atoms with van der Waals surface area (Å²) in [6.07, 6.45) is 1.95. The Labute approximate surface area is 124 Å². The highest BCUT2D eigenvalue weighted by atomic mass is 35.5. The van der Waals surface area contributed by atoms with Crippen molar-refractivity contribution in [3.05, 3.63) is 16.3 Å². The quantitative estimate of drug-likeness (QED) is 0.798. The number of thiophene rings is 1. The first kappa shape index (κ1) is 15.3. The molecule has 1 aromatic heterocycles. The Morgan fingerprint density at radius 3 is 2.89 bits per heavy atom. The standard InChI is InChI=1S/C12H19ClN2O2S2/c1-14(2)10-4-3-6-15(9-10)19(16,17)12-5-7-18-11(12)8-13/h5,7,10H,3-4,6,8-9H2,1-2H3. The minimum atomic E-state index is -3.40. The molecule has 0 saturated carbocycles. The van der Waals surface area contributed by atoms with Gasteiger partial charge in [0.05, 0.1) is 10.8 Å². The molecule has 0 radical (unpaired) electrons. The fourth-order valence-electron chi connectivity index (χ4n) is 2.36. The smallest absolute Gasteiger partial charge is 0.244 e. The zero-order chi connectivity index (χ0) is 14.0. The number of sulfonamides is 1. The second kappa shape index (κ2) is 6.10. The van der Waals surface area contributed by atoms with E-state index in [1.54, 1.807) is 15.8 Å². The molecule has 1 aromatic rings.